The van der Waals surface area contributed by atoms with Crippen molar-refractivity contribution in [2.75, 3.05) is 0 Å². The number of nitrogens with zero attached hydrogens (tertiary/aromatic N) is 2. The van der Waals surface area contributed by atoms with E-state index in [-0.39, 0.29) is 17.1 Å². The van der Waals surface area contributed by atoms with E-state index in [0.717, 1.165) is 11.1 Å². The maximum atomic E-state index is 13.4. The average Bonchev–Trinajstić information content (AvgIpc) is 2.71. The molecule has 0 unspecified atom stereocenters. The summed E-state index contributed by atoms with van der Waals surface area (Å²) in [5, 5.41) is 5.64. The summed E-state index contributed by atoms with van der Waals surface area (Å²) in [6, 6.07) is 15.2. The third-order valence-corrected chi connectivity index (χ3v) is 4.94. The first-order valence-electron chi connectivity index (χ1n) is 9.19. The second-order valence-electron chi connectivity index (χ2n) is 6.93. The molecule has 4 rings (SSSR count). The number of halogens is 3. The largest absolute Gasteiger partial charge is 0.435 e. The molecule has 1 aromatic heterocycles. The van der Waals surface area contributed by atoms with Crippen LogP contribution in [0.4, 0.5) is 13.2 Å². The second-order valence-corrected chi connectivity index (χ2v) is 6.93. The molecule has 7 heteroatoms. The van der Waals surface area contributed by atoms with Gasteiger partial charge in [0.15, 0.2) is 0 Å². The van der Waals surface area contributed by atoms with Gasteiger partial charge in [0.2, 0.25) is 0 Å². The van der Waals surface area contributed by atoms with Crippen molar-refractivity contribution in [2.24, 2.45) is 0 Å². The van der Waals surface area contributed by atoms with E-state index in [9.17, 15) is 18.0 Å². The minimum atomic E-state index is -2.94. The number of aryl methyl sites for hydroxylation is 2. The van der Waals surface area contributed by atoms with Gasteiger partial charge >= 0.3 is 6.61 Å². The van der Waals surface area contributed by atoms with E-state index in [1.807, 2.05) is 19.9 Å². The summed E-state index contributed by atoms with van der Waals surface area (Å²) in [5.41, 5.74) is 3.16. The van der Waals surface area contributed by atoms with Crippen molar-refractivity contribution < 1.29 is 17.9 Å². The van der Waals surface area contributed by atoms with Gasteiger partial charge in [-0.15, -0.1) is 0 Å². The summed E-state index contributed by atoms with van der Waals surface area (Å²) in [6.45, 7) is 0.914. The molecule has 152 valence electrons. The Morgan fingerprint density at radius 3 is 2.10 bits per heavy atom. The van der Waals surface area contributed by atoms with Crippen LogP contribution in [0, 0.1) is 19.7 Å². The third-order valence-electron chi connectivity index (χ3n) is 4.94. The van der Waals surface area contributed by atoms with Crippen LogP contribution in [0.2, 0.25) is 0 Å². The Hall–Kier alpha value is -3.61. The summed E-state index contributed by atoms with van der Waals surface area (Å²) in [5.74, 6) is -0.397. The molecule has 0 N–H and O–H groups in total. The highest BCUT2D eigenvalue weighted by atomic mass is 19.3. The molecule has 1 heterocycles. The van der Waals surface area contributed by atoms with Gasteiger partial charge in [0, 0.05) is 10.9 Å². The van der Waals surface area contributed by atoms with Crippen molar-refractivity contribution in [3.05, 3.63) is 88.0 Å². The van der Waals surface area contributed by atoms with Gasteiger partial charge in [-0.1, -0.05) is 0 Å². The van der Waals surface area contributed by atoms with Crippen molar-refractivity contribution in [1.82, 2.24) is 9.78 Å². The lowest BCUT2D eigenvalue weighted by Gasteiger charge is -2.13. The number of alkyl halides is 2. The summed E-state index contributed by atoms with van der Waals surface area (Å²) in [7, 11) is 0. The standard InChI is InChI=1S/C23H17F3N2O2/c1-13-11-19-20(12-14(13)2)22(29)28(17-7-9-18(10-8-17)30-23(25)26)27-21(19)15-3-5-16(24)6-4-15/h3-12,23H,1-2H3. The van der Waals surface area contributed by atoms with Gasteiger partial charge < -0.3 is 4.74 Å². The molecule has 30 heavy (non-hydrogen) atoms. The van der Waals surface area contributed by atoms with Crippen LogP contribution in [-0.2, 0) is 0 Å². The maximum Gasteiger partial charge on any atom is 0.387 e. The predicted molar refractivity (Wildman–Crippen MR) is 109 cm³/mol. The summed E-state index contributed by atoms with van der Waals surface area (Å²) in [4.78, 5) is 13.2. The summed E-state index contributed by atoms with van der Waals surface area (Å²) >= 11 is 0. The SMILES string of the molecule is Cc1cc2c(-c3ccc(F)cc3)nn(-c3ccc(OC(F)F)cc3)c(=O)c2cc1C. The van der Waals surface area contributed by atoms with Crippen LogP contribution in [0.15, 0.2) is 65.5 Å². The van der Waals surface area contributed by atoms with Gasteiger partial charge in [-0.2, -0.15) is 18.6 Å². The van der Waals surface area contributed by atoms with Gasteiger partial charge in [0.1, 0.15) is 11.6 Å². The summed E-state index contributed by atoms with van der Waals surface area (Å²) < 4.78 is 43.8. The fraction of sp³-hybridized carbons (Fsp3) is 0.130. The smallest absolute Gasteiger partial charge is 0.387 e. The van der Waals surface area contributed by atoms with E-state index >= 15 is 0 Å². The predicted octanol–water partition coefficient (Wildman–Crippen LogP) is 5.41. The third kappa shape index (κ3) is 3.66. The van der Waals surface area contributed by atoms with Gasteiger partial charge in [-0.3, -0.25) is 4.79 Å². The molecule has 0 saturated carbocycles. The first-order valence-corrected chi connectivity index (χ1v) is 9.19. The molecule has 0 fully saturated rings. The Morgan fingerprint density at radius 1 is 0.900 bits per heavy atom. The fourth-order valence-corrected chi connectivity index (χ4v) is 3.27. The topological polar surface area (TPSA) is 44.1 Å². The molecule has 0 radical (unpaired) electrons. The molecular weight excluding hydrogens is 393 g/mol. The molecule has 4 nitrogen and oxygen atoms in total. The highest BCUT2D eigenvalue weighted by Crippen LogP contribution is 2.28. The highest BCUT2D eigenvalue weighted by Gasteiger charge is 2.15. The number of hydrogen-bond acceptors (Lipinski definition) is 3. The van der Waals surface area contributed by atoms with Crippen LogP contribution in [0.3, 0.4) is 0 Å². The molecule has 0 spiro atoms. The molecule has 3 aromatic carbocycles. The zero-order chi connectivity index (χ0) is 21.4. The van der Waals surface area contributed by atoms with Crippen molar-refractivity contribution >= 4 is 10.8 Å². The number of hydrogen-bond donors (Lipinski definition) is 0. The van der Waals surface area contributed by atoms with Crippen molar-refractivity contribution in [3.8, 4) is 22.7 Å². The Kier molecular flexibility index (Phi) is 5.03. The van der Waals surface area contributed by atoms with Crippen molar-refractivity contribution in [1.29, 1.82) is 0 Å². The molecule has 0 atom stereocenters. The number of ether oxygens (including phenoxy) is 1. The number of rotatable bonds is 4. The van der Waals surface area contributed by atoms with Crippen LogP contribution >= 0.6 is 0 Å². The maximum absolute atomic E-state index is 13.4. The molecule has 0 aliphatic carbocycles. The first-order chi connectivity index (χ1) is 14.3. The zero-order valence-corrected chi connectivity index (χ0v) is 16.2. The van der Waals surface area contributed by atoms with E-state index in [1.54, 1.807) is 18.2 Å². The molecule has 0 bridgehead atoms. The van der Waals surface area contributed by atoms with Gasteiger partial charge in [-0.25, -0.2) is 4.39 Å². The van der Waals surface area contributed by atoms with Crippen molar-refractivity contribution in [3.63, 3.8) is 0 Å². The van der Waals surface area contributed by atoms with Crippen LogP contribution in [0.25, 0.3) is 27.7 Å². The highest BCUT2D eigenvalue weighted by molar-refractivity contribution is 5.95. The second kappa shape index (κ2) is 7.67. The van der Waals surface area contributed by atoms with Gasteiger partial charge in [0.05, 0.1) is 16.8 Å². The van der Waals surface area contributed by atoms with E-state index in [0.29, 0.717) is 27.7 Å². The molecule has 0 aliphatic rings. The molecule has 4 aromatic rings. The lowest BCUT2D eigenvalue weighted by atomic mass is 10.00. The van der Waals surface area contributed by atoms with E-state index in [4.69, 9.17) is 0 Å². The van der Waals surface area contributed by atoms with Crippen LogP contribution in [0.1, 0.15) is 11.1 Å². The van der Waals surface area contributed by atoms with E-state index < -0.39 is 6.61 Å². The Morgan fingerprint density at radius 2 is 1.50 bits per heavy atom. The normalized spacial score (nSPS) is 11.3. The van der Waals surface area contributed by atoms with Crippen molar-refractivity contribution in [2.45, 2.75) is 20.5 Å². The minimum Gasteiger partial charge on any atom is -0.435 e. The zero-order valence-electron chi connectivity index (χ0n) is 16.2. The van der Waals surface area contributed by atoms with Crippen LogP contribution < -0.4 is 10.3 Å². The lowest BCUT2D eigenvalue weighted by Crippen LogP contribution is -2.22. The van der Waals surface area contributed by atoms with Gasteiger partial charge in [0.25, 0.3) is 5.56 Å². The minimum absolute atomic E-state index is 0.0205. The molecular formula is C23H17F3N2O2. The Labute approximate surface area is 170 Å². The fourth-order valence-electron chi connectivity index (χ4n) is 3.27. The number of aromatic nitrogens is 2. The molecule has 0 amide bonds. The summed E-state index contributed by atoms with van der Waals surface area (Å²) in [6.07, 6.45) is 0. The van der Waals surface area contributed by atoms with Crippen LogP contribution in [0.5, 0.6) is 5.75 Å². The Bertz CT molecular complexity index is 1280. The molecule has 0 saturated heterocycles. The average molecular weight is 410 g/mol. The number of fused-ring (bicyclic) bond motifs is 1. The van der Waals surface area contributed by atoms with E-state index in [1.165, 1.54) is 41.1 Å². The molecule has 0 aliphatic heterocycles. The lowest BCUT2D eigenvalue weighted by molar-refractivity contribution is -0.0498. The number of benzene rings is 3. The Balaban J connectivity index is 1.96. The quantitative estimate of drug-likeness (QED) is 0.452. The monoisotopic (exact) mass is 410 g/mol. The first kappa shape index (κ1) is 19.7. The van der Waals surface area contributed by atoms with E-state index in [2.05, 4.69) is 9.84 Å². The van der Waals surface area contributed by atoms with Crippen LogP contribution in [-0.4, -0.2) is 16.4 Å². The van der Waals surface area contributed by atoms with Gasteiger partial charge in [-0.05, 0) is 85.6 Å².